The first-order valence-electron chi connectivity index (χ1n) is 7.55. The predicted octanol–water partition coefficient (Wildman–Crippen LogP) is 1.44. The van der Waals surface area contributed by atoms with E-state index in [0.29, 0.717) is 36.8 Å². The molecule has 0 saturated carbocycles. The monoisotopic (exact) mass is 305 g/mol. The van der Waals surface area contributed by atoms with Gasteiger partial charge in [-0.2, -0.15) is 0 Å². The maximum Gasteiger partial charge on any atom is 0.254 e. The van der Waals surface area contributed by atoms with Crippen LogP contribution in [0, 0.1) is 0 Å². The number of carbonyl (C=O) groups excluding carboxylic acids is 1. The number of rotatable bonds is 2. The number of fused-ring (bicyclic) bond motifs is 1. The van der Waals surface area contributed by atoms with Gasteiger partial charge in [-0.3, -0.25) is 4.79 Å². The first kappa shape index (κ1) is 13.8. The second-order valence-electron chi connectivity index (χ2n) is 6.11. The number of hydrogen-bond acceptors (Lipinski definition) is 5. The molecule has 3 heterocycles. The lowest BCUT2D eigenvalue weighted by molar-refractivity contribution is -0.181. The predicted molar refractivity (Wildman–Crippen MR) is 77.2 cm³/mol. The number of carbonyl (C=O) groups is 1. The maximum absolute atomic E-state index is 12.5. The Morgan fingerprint density at radius 1 is 1.32 bits per heavy atom. The van der Waals surface area contributed by atoms with Crippen LogP contribution in [0.4, 0.5) is 0 Å². The highest BCUT2D eigenvalue weighted by molar-refractivity contribution is 5.95. The Morgan fingerprint density at radius 3 is 2.95 bits per heavy atom. The molecule has 118 valence electrons. The zero-order valence-corrected chi connectivity index (χ0v) is 12.5. The summed E-state index contributed by atoms with van der Waals surface area (Å²) in [6.07, 6.45) is 2.01. The number of amides is 1. The molecule has 3 aliphatic heterocycles. The maximum atomic E-state index is 12.5. The molecule has 6 heteroatoms. The number of ether oxygens (including phenoxy) is 4. The molecular formula is C16H19NO5. The van der Waals surface area contributed by atoms with Crippen LogP contribution in [0.5, 0.6) is 11.5 Å². The van der Waals surface area contributed by atoms with Gasteiger partial charge in [0.15, 0.2) is 11.5 Å². The van der Waals surface area contributed by atoms with Crippen LogP contribution in [0.1, 0.15) is 23.2 Å². The van der Waals surface area contributed by atoms with Crippen molar-refractivity contribution in [3.8, 4) is 11.5 Å². The van der Waals surface area contributed by atoms with E-state index in [4.69, 9.17) is 18.9 Å². The molecule has 0 aliphatic carbocycles. The molecule has 22 heavy (non-hydrogen) atoms. The minimum absolute atomic E-state index is 0.00654. The first-order chi connectivity index (χ1) is 10.7. The summed E-state index contributed by atoms with van der Waals surface area (Å²) in [7, 11) is 1.73. The fraction of sp³-hybridized carbons (Fsp3) is 0.562. The van der Waals surface area contributed by atoms with Crippen LogP contribution in [-0.2, 0) is 9.47 Å². The van der Waals surface area contributed by atoms with Crippen molar-refractivity contribution in [1.29, 1.82) is 0 Å². The van der Waals surface area contributed by atoms with Gasteiger partial charge >= 0.3 is 0 Å². The molecule has 2 fully saturated rings. The highest BCUT2D eigenvalue weighted by atomic mass is 16.7. The van der Waals surface area contributed by atoms with Gasteiger partial charge in [-0.15, -0.1) is 0 Å². The fourth-order valence-electron chi connectivity index (χ4n) is 3.41. The lowest BCUT2D eigenvalue weighted by Crippen LogP contribution is -2.67. The molecule has 1 aromatic carbocycles. The molecule has 3 aliphatic rings. The van der Waals surface area contributed by atoms with E-state index < -0.39 is 0 Å². The summed E-state index contributed by atoms with van der Waals surface area (Å²) in [5.41, 5.74) is 0.406. The van der Waals surface area contributed by atoms with Crippen LogP contribution in [0.2, 0.25) is 0 Å². The van der Waals surface area contributed by atoms with Gasteiger partial charge in [0.1, 0.15) is 5.60 Å². The molecule has 0 radical (unpaired) electrons. The fourth-order valence-corrected chi connectivity index (χ4v) is 3.41. The van der Waals surface area contributed by atoms with E-state index in [-0.39, 0.29) is 24.4 Å². The molecule has 1 atom stereocenters. The van der Waals surface area contributed by atoms with E-state index >= 15 is 0 Å². The summed E-state index contributed by atoms with van der Waals surface area (Å²) in [5, 5.41) is 0. The van der Waals surface area contributed by atoms with Crippen molar-refractivity contribution in [3.05, 3.63) is 23.8 Å². The average Bonchev–Trinajstić information content (AvgIpc) is 2.99. The van der Waals surface area contributed by atoms with Gasteiger partial charge in [-0.1, -0.05) is 0 Å². The van der Waals surface area contributed by atoms with E-state index in [0.717, 1.165) is 12.8 Å². The van der Waals surface area contributed by atoms with Gasteiger partial charge in [0.05, 0.1) is 19.2 Å². The van der Waals surface area contributed by atoms with Gasteiger partial charge < -0.3 is 23.8 Å². The van der Waals surface area contributed by atoms with E-state index in [1.165, 1.54) is 0 Å². The summed E-state index contributed by atoms with van der Waals surface area (Å²) >= 11 is 0. The molecule has 6 nitrogen and oxygen atoms in total. The van der Waals surface area contributed by atoms with Crippen LogP contribution in [-0.4, -0.2) is 56.1 Å². The van der Waals surface area contributed by atoms with Crippen molar-refractivity contribution in [1.82, 2.24) is 4.90 Å². The third-order valence-electron chi connectivity index (χ3n) is 4.65. The van der Waals surface area contributed by atoms with E-state index in [1.54, 1.807) is 25.3 Å². The molecule has 0 bridgehead atoms. The highest BCUT2D eigenvalue weighted by Gasteiger charge is 2.49. The van der Waals surface area contributed by atoms with Crippen LogP contribution < -0.4 is 9.47 Å². The molecule has 2 saturated heterocycles. The lowest BCUT2D eigenvalue weighted by atomic mass is 9.84. The van der Waals surface area contributed by atoms with Crippen molar-refractivity contribution in [2.75, 3.05) is 33.6 Å². The molecule has 0 unspecified atom stereocenters. The Bertz CT molecular complexity index is 596. The minimum atomic E-state index is -0.217. The lowest BCUT2D eigenvalue weighted by Gasteiger charge is -2.52. The molecule has 0 aromatic heterocycles. The van der Waals surface area contributed by atoms with Gasteiger partial charge in [0.25, 0.3) is 5.91 Å². The smallest absolute Gasteiger partial charge is 0.254 e. The van der Waals surface area contributed by atoms with Crippen LogP contribution in [0.15, 0.2) is 18.2 Å². The Hall–Kier alpha value is -1.79. The van der Waals surface area contributed by atoms with Crippen molar-refractivity contribution < 1.29 is 23.7 Å². The molecular weight excluding hydrogens is 286 g/mol. The Morgan fingerprint density at radius 2 is 2.14 bits per heavy atom. The van der Waals surface area contributed by atoms with Crippen molar-refractivity contribution in [2.45, 2.75) is 24.5 Å². The summed E-state index contributed by atoms with van der Waals surface area (Å²) in [4.78, 5) is 14.4. The van der Waals surface area contributed by atoms with Crippen LogP contribution >= 0.6 is 0 Å². The Balaban J connectivity index is 1.43. The number of hydrogen-bond donors (Lipinski definition) is 0. The summed E-state index contributed by atoms with van der Waals surface area (Å²) in [6.45, 7) is 2.16. The SMILES string of the molecule is CO[C@H]1CCOC2(C1)CN(C(=O)c1ccc3c(c1)OCO3)C2. The van der Waals surface area contributed by atoms with Gasteiger partial charge in [-0.05, 0) is 24.6 Å². The van der Waals surface area contributed by atoms with Crippen LogP contribution in [0.3, 0.4) is 0 Å². The van der Waals surface area contributed by atoms with E-state index in [1.807, 2.05) is 4.90 Å². The standard InChI is InChI=1S/C16H19NO5/c1-19-12-4-5-22-16(7-12)8-17(9-16)15(18)11-2-3-13-14(6-11)21-10-20-13/h2-3,6,12H,4-5,7-10H2,1H3/t12-/m0/s1. The quantitative estimate of drug-likeness (QED) is 0.827. The normalized spacial score (nSPS) is 25.1. The largest absolute Gasteiger partial charge is 0.454 e. The average molecular weight is 305 g/mol. The van der Waals surface area contributed by atoms with Crippen molar-refractivity contribution in [2.24, 2.45) is 0 Å². The molecule has 1 amide bonds. The molecule has 0 N–H and O–H groups in total. The van der Waals surface area contributed by atoms with Gasteiger partial charge in [0, 0.05) is 25.7 Å². The molecule has 1 spiro atoms. The van der Waals surface area contributed by atoms with E-state index in [2.05, 4.69) is 0 Å². The third kappa shape index (κ3) is 2.23. The summed E-state index contributed by atoms with van der Waals surface area (Å²) in [5.74, 6) is 1.33. The zero-order chi connectivity index (χ0) is 15.2. The van der Waals surface area contributed by atoms with Crippen molar-refractivity contribution >= 4 is 5.91 Å². The summed E-state index contributed by atoms with van der Waals surface area (Å²) < 4.78 is 21.9. The topological polar surface area (TPSA) is 57.2 Å². The Kier molecular flexibility index (Phi) is 3.23. The van der Waals surface area contributed by atoms with Crippen LogP contribution in [0.25, 0.3) is 0 Å². The number of benzene rings is 1. The number of likely N-dealkylation sites (tertiary alicyclic amines) is 1. The second kappa shape index (κ2) is 5.14. The van der Waals surface area contributed by atoms with E-state index in [9.17, 15) is 4.79 Å². The van der Waals surface area contributed by atoms with Gasteiger partial charge in [0.2, 0.25) is 6.79 Å². The molecule has 4 rings (SSSR count). The summed E-state index contributed by atoms with van der Waals surface area (Å²) in [6, 6.07) is 5.30. The van der Waals surface area contributed by atoms with Gasteiger partial charge in [-0.25, -0.2) is 0 Å². The third-order valence-corrected chi connectivity index (χ3v) is 4.65. The number of nitrogens with zero attached hydrogens (tertiary/aromatic N) is 1. The second-order valence-corrected chi connectivity index (χ2v) is 6.11. The minimum Gasteiger partial charge on any atom is -0.454 e. The zero-order valence-electron chi connectivity index (χ0n) is 12.5. The van der Waals surface area contributed by atoms with Crippen molar-refractivity contribution in [3.63, 3.8) is 0 Å². The molecule has 1 aromatic rings. The number of methoxy groups -OCH3 is 1. The first-order valence-corrected chi connectivity index (χ1v) is 7.55. The Labute approximate surface area is 128 Å². The highest BCUT2D eigenvalue weighted by Crippen LogP contribution is 2.37.